The molecule has 0 bridgehead atoms. The van der Waals surface area contributed by atoms with Crippen molar-refractivity contribution in [2.45, 2.75) is 13.8 Å². The lowest BCUT2D eigenvalue weighted by Crippen LogP contribution is -2.14. The summed E-state index contributed by atoms with van der Waals surface area (Å²) in [5.41, 5.74) is 3.15. The van der Waals surface area contributed by atoms with Crippen molar-refractivity contribution in [2.75, 3.05) is 5.32 Å². The molecule has 2 aromatic rings. The first-order valence-electron chi connectivity index (χ1n) is 6.20. The third-order valence-electron chi connectivity index (χ3n) is 3.22. The topological polar surface area (TPSA) is 66.4 Å². The highest BCUT2D eigenvalue weighted by atomic mass is 16.4. The number of carboxylic acids is 1. The molecule has 0 aliphatic carbocycles. The maximum Gasteiger partial charge on any atom is 0.335 e. The maximum atomic E-state index is 12.2. The maximum absolute atomic E-state index is 12.2. The van der Waals surface area contributed by atoms with Crippen molar-refractivity contribution in [3.8, 4) is 0 Å². The Morgan fingerprint density at radius 2 is 1.75 bits per heavy atom. The van der Waals surface area contributed by atoms with E-state index in [0.717, 1.165) is 11.1 Å². The minimum absolute atomic E-state index is 0.142. The number of carbonyl (C=O) groups is 2. The molecule has 0 fully saturated rings. The molecule has 1 amide bonds. The molecule has 20 heavy (non-hydrogen) atoms. The fraction of sp³-hybridized carbons (Fsp3) is 0.125. The summed E-state index contributed by atoms with van der Waals surface area (Å²) in [6.45, 7) is 3.83. The van der Waals surface area contributed by atoms with Crippen molar-refractivity contribution in [2.24, 2.45) is 0 Å². The van der Waals surface area contributed by atoms with Crippen LogP contribution in [0.15, 0.2) is 42.5 Å². The van der Waals surface area contributed by atoms with Crippen LogP contribution in [-0.4, -0.2) is 17.0 Å². The van der Waals surface area contributed by atoms with Gasteiger partial charge in [-0.1, -0.05) is 18.2 Å². The number of aryl methyl sites for hydroxylation is 1. The van der Waals surface area contributed by atoms with Crippen LogP contribution >= 0.6 is 0 Å². The largest absolute Gasteiger partial charge is 0.478 e. The molecular weight excluding hydrogens is 254 g/mol. The van der Waals surface area contributed by atoms with Crippen LogP contribution in [-0.2, 0) is 0 Å². The van der Waals surface area contributed by atoms with Crippen LogP contribution in [0, 0.1) is 13.8 Å². The van der Waals surface area contributed by atoms with Crippen molar-refractivity contribution < 1.29 is 14.7 Å². The number of carboxylic acid groups (broad SMARTS) is 1. The number of benzene rings is 2. The van der Waals surface area contributed by atoms with Gasteiger partial charge in [-0.2, -0.15) is 0 Å². The number of rotatable bonds is 3. The highest BCUT2D eigenvalue weighted by molar-refractivity contribution is 6.05. The average Bonchev–Trinajstić information content (AvgIpc) is 2.42. The highest BCUT2D eigenvalue weighted by Gasteiger charge is 2.11. The van der Waals surface area contributed by atoms with Crippen LogP contribution in [0.2, 0.25) is 0 Å². The van der Waals surface area contributed by atoms with Crippen molar-refractivity contribution in [1.29, 1.82) is 0 Å². The Bertz CT molecular complexity index is 677. The monoisotopic (exact) mass is 269 g/mol. The second-order valence-corrected chi connectivity index (χ2v) is 4.59. The molecule has 0 saturated carbocycles. The molecule has 0 spiro atoms. The minimum Gasteiger partial charge on any atom is -0.478 e. The van der Waals surface area contributed by atoms with E-state index in [1.165, 1.54) is 12.1 Å². The third kappa shape index (κ3) is 2.85. The Kier molecular flexibility index (Phi) is 3.84. The van der Waals surface area contributed by atoms with Gasteiger partial charge in [-0.15, -0.1) is 0 Å². The zero-order chi connectivity index (χ0) is 14.7. The van der Waals surface area contributed by atoms with Gasteiger partial charge in [0.2, 0.25) is 0 Å². The Morgan fingerprint density at radius 1 is 1.05 bits per heavy atom. The number of carbonyl (C=O) groups excluding carboxylic acids is 1. The molecule has 2 aromatic carbocycles. The minimum atomic E-state index is -1.02. The zero-order valence-electron chi connectivity index (χ0n) is 11.3. The molecule has 2 N–H and O–H groups in total. The molecule has 2 rings (SSSR count). The van der Waals surface area contributed by atoms with E-state index in [4.69, 9.17) is 5.11 Å². The first kappa shape index (κ1) is 13.8. The van der Waals surface area contributed by atoms with E-state index in [0.29, 0.717) is 11.3 Å². The van der Waals surface area contributed by atoms with Gasteiger partial charge >= 0.3 is 5.97 Å². The number of aromatic carboxylic acids is 1. The number of anilines is 1. The number of hydrogen-bond donors (Lipinski definition) is 2. The Hall–Kier alpha value is -2.62. The fourth-order valence-corrected chi connectivity index (χ4v) is 1.93. The van der Waals surface area contributed by atoms with Gasteiger partial charge in [-0.3, -0.25) is 4.79 Å². The van der Waals surface area contributed by atoms with Gasteiger partial charge in [0.05, 0.1) is 5.56 Å². The normalized spacial score (nSPS) is 10.1. The van der Waals surface area contributed by atoms with Crippen LogP contribution in [0.1, 0.15) is 31.8 Å². The molecular formula is C16H15NO3. The molecule has 4 heteroatoms. The molecule has 0 atom stereocenters. The van der Waals surface area contributed by atoms with E-state index in [1.807, 2.05) is 26.0 Å². The molecule has 4 nitrogen and oxygen atoms in total. The van der Waals surface area contributed by atoms with E-state index in [2.05, 4.69) is 5.32 Å². The highest BCUT2D eigenvalue weighted by Crippen LogP contribution is 2.16. The van der Waals surface area contributed by atoms with Gasteiger partial charge in [0.15, 0.2) is 0 Å². The number of amides is 1. The molecule has 0 aromatic heterocycles. The standard InChI is InChI=1S/C16H15NO3/c1-10-5-3-8-14(11(10)2)15(18)17-13-7-4-6-12(9-13)16(19)20/h3-9H,1-2H3,(H,17,18)(H,19,20). The second kappa shape index (κ2) is 5.57. The van der Waals surface area contributed by atoms with Gasteiger partial charge in [0, 0.05) is 11.3 Å². The van der Waals surface area contributed by atoms with Crippen LogP contribution in [0.4, 0.5) is 5.69 Å². The average molecular weight is 269 g/mol. The van der Waals surface area contributed by atoms with Gasteiger partial charge in [0.25, 0.3) is 5.91 Å². The summed E-state index contributed by atoms with van der Waals surface area (Å²) in [6, 6.07) is 11.7. The number of hydrogen-bond acceptors (Lipinski definition) is 2. The van der Waals surface area contributed by atoms with E-state index in [9.17, 15) is 9.59 Å². The molecule has 0 aliphatic heterocycles. The van der Waals surface area contributed by atoms with Crippen LogP contribution in [0.25, 0.3) is 0 Å². The number of nitrogens with one attached hydrogen (secondary N) is 1. The summed E-state index contributed by atoms with van der Waals surface area (Å²) in [5, 5.41) is 11.6. The smallest absolute Gasteiger partial charge is 0.335 e. The van der Waals surface area contributed by atoms with E-state index < -0.39 is 5.97 Å². The van der Waals surface area contributed by atoms with Gasteiger partial charge in [0.1, 0.15) is 0 Å². The third-order valence-corrected chi connectivity index (χ3v) is 3.22. The summed E-state index contributed by atoms with van der Waals surface area (Å²) in [7, 11) is 0. The molecule has 0 aliphatic rings. The van der Waals surface area contributed by atoms with E-state index >= 15 is 0 Å². The zero-order valence-corrected chi connectivity index (χ0v) is 11.3. The molecule has 0 heterocycles. The Balaban J connectivity index is 2.26. The van der Waals surface area contributed by atoms with Crippen molar-refractivity contribution >= 4 is 17.6 Å². The molecule has 102 valence electrons. The Morgan fingerprint density at radius 3 is 2.45 bits per heavy atom. The first-order valence-corrected chi connectivity index (χ1v) is 6.20. The molecule has 0 radical (unpaired) electrons. The summed E-state index contributed by atoms with van der Waals surface area (Å²) in [6.07, 6.45) is 0. The molecule has 0 unspecified atom stereocenters. The van der Waals surface area contributed by atoms with Crippen molar-refractivity contribution in [3.63, 3.8) is 0 Å². The summed E-state index contributed by atoms with van der Waals surface area (Å²) < 4.78 is 0. The van der Waals surface area contributed by atoms with Crippen LogP contribution in [0.5, 0.6) is 0 Å². The summed E-state index contributed by atoms with van der Waals surface area (Å²) in [4.78, 5) is 23.1. The quantitative estimate of drug-likeness (QED) is 0.898. The van der Waals surface area contributed by atoms with Crippen LogP contribution in [0.3, 0.4) is 0 Å². The summed E-state index contributed by atoms with van der Waals surface area (Å²) in [5.74, 6) is -1.26. The van der Waals surface area contributed by atoms with E-state index in [1.54, 1.807) is 18.2 Å². The van der Waals surface area contributed by atoms with Crippen molar-refractivity contribution in [1.82, 2.24) is 0 Å². The molecule has 0 saturated heterocycles. The lowest BCUT2D eigenvalue weighted by atomic mass is 10.0. The van der Waals surface area contributed by atoms with E-state index in [-0.39, 0.29) is 11.5 Å². The predicted molar refractivity (Wildman–Crippen MR) is 77.3 cm³/mol. The lowest BCUT2D eigenvalue weighted by Gasteiger charge is -2.10. The first-order chi connectivity index (χ1) is 9.49. The lowest BCUT2D eigenvalue weighted by molar-refractivity contribution is 0.0696. The van der Waals surface area contributed by atoms with Crippen LogP contribution < -0.4 is 5.32 Å². The van der Waals surface area contributed by atoms with Gasteiger partial charge in [-0.05, 0) is 49.2 Å². The fourth-order valence-electron chi connectivity index (χ4n) is 1.93. The van der Waals surface area contributed by atoms with Gasteiger partial charge in [-0.25, -0.2) is 4.79 Å². The van der Waals surface area contributed by atoms with Crippen molar-refractivity contribution in [3.05, 3.63) is 64.7 Å². The Labute approximate surface area is 117 Å². The predicted octanol–water partition coefficient (Wildman–Crippen LogP) is 3.25. The summed E-state index contributed by atoms with van der Waals surface area (Å²) >= 11 is 0. The van der Waals surface area contributed by atoms with Gasteiger partial charge < -0.3 is 10.4 Å². The second-order valence-electron chi connectivity index (χ2n) is 4.59. The SMILES string of the molecule is Cc1cccc(C(=O)Nc2cccc(C(=O)O)c2)c1C.